The molecule has 0 aromatic heterocycles. The molecule has 1 aliphatic rings. The van der Waals surface area contributed by atoms with Crippen molar-refractivity contribution in [1.29, 1.82) is 0 Å². The number of nitrogens with zero attached hydrogens (tertiary/aromatic N) is 1. The van der Waals surface area contributed by atoms with Crippen LogP contribution in [-0.4, -0.2) is 35.1 Å². The van der Waals surface area contributed by atoms with Gasteiger partial charge in [0.2, 0.25) is 5.91 Å². The molecule has 104 valence electrons. The Hall–Kier alpha value is -1.35. The van der Waals surface area contributed by atoms with E-state index in [1.807, 2.05) is 36.9 Å². The first-order valence-corrected chi connectivity index (χ1v) is 7.09. The molecule has 2 rings (SSSR count). The van der Waals surface area contributed by atoms with Crippen LogP contribution < -0.4 is 0 Å². The van der Waals surface area contributed by atoms with Crippen molar-refractivity contribution in [3.8, 4) is 0 Å². The number of amides is 1. The van der Waals surface area contributed by atoms with E-state index in [1.165, 1.54) is 0 Å². The summed E-state index contributed by atoms with van der Waals surface area (Å²) in [6, 6.07) is 10.2. The van der Waals surface area contributed by atoms with Gasteiger partial charge in [0.25, 0.3) is 0 Å². The lowest BCUT2D eigenvalue weighted by Gasteiger charge is -2.45. The number of hydrogen-bond donors (Lipinski definition) is 1. The maximum atomic E-state index is 12.9. The summed E-state index contributed by atoms with van der Waals surface area (Å²) >= 11 is 0. The number of carbonyl (C=O) groups is 1. The third-order valence-electron chi connectivity index (χ3n) is 4.17. The Morgan fingerprint density at radius 2 is 1.95 bits per heavy atom. The quantitative estimate of drug-likeness (QED) is 0.883. The molecule has 1 aromatic carbocycles. The third kappa shape index (κ3) is 2.52. The minimum atomic E-state index is -0.347. The molecule has 19 heavy (non-hydrogen) atoms. The van der Waals surface area contributed by atoms with Crippen molar-refractivity contribution in [2.75, 3.05) is 13.2 Å². The van der Waals surface area contributed by atoms with E-state index in [2.05, 4.69) is 12.1 Å². The molecule has 1 saturated carbocycles. The molecule has 1 aliphatic carbocycles. The second-order valence-electron chi connectivity index (χ2n) is 5.62. The molecule has 0 heterocycles. The zero-order valence-corrected chi connectivity index (χ0v) is 11.8. The monoisotopic (exact) mass is 261 g/mol. The van der Waals surface area contributed by atoms with E-state index in [0.717, 1.165) is 24.8 Å². The van der Waals surface area contributed by atoms with Gasteiger partial charge in [-0.15, -0.1) is 0 Å². The van der Waals surface area contributed by atoms with Crippen LogP contribution in [0.2, 0.25) is 0 Å². The van der Waals surface area contributed by atoms with E-state index in [9.17, 15) is 4.79 Å². The zero-order chi connectivity index (χ0) is 13.9. The highest BCUT2D eigenvalue weighted by molar-refractivity contribution is 5.89. The summed E-state index contributed by atoms with van der Waals surface area (Å²) < 4.78 is 0. The van der Waals surface area contributed by atoms with Crippen LogP contribution in [-0.2, 0) is 10.2 Å². The lowest BCUT2D eigenvalue weighted by molar-refractivity contribution is -0.143. The van der Waals surface area contributed by atoms with Gasteiger partial charge in [0.15, 0.2) is 0 Å². The summed E-state index contributed by atoms with van der Waals surface area (Å²) in [5, 5.41) is 9.17. The van der Waals surface area contributed by atoms with Crippen LogP contribution in [0.1, 0.15) is 38.7 Å². The predicted molar refractivity (Wildman–Crippen MR) is 75.9 cm³/mol. The van der Waals surface area contributed by atoms with E-state index in [1.54, 1.807) is 0 Å². The molecule has 0 atom stereocenters. The van der Waals surface area contributed by atoms with Crippen molar-refractivity contribution < 1.29 is 9.90 Å². The summed E-state index contributed by atoms with van der Waals surface area (Å²) in [4.78, 5) is 14.7. The average Bonchev–Trinajstić information content (AvgIpc) is 2.35. The van der Waals surface area contributed by atoms with Gasteiger partial charge in [-0.3, -0.25) is 4.79 Å². The van der Waals surface area contributed by atoms with E-state index < -0.39 is 0 Å². The minimum absolute atomic E-state index is 0.0226. The highest BCUT2D eigenvalue weighted by Gasteiger charge is 2.47. The molecular formula is C16H23NO2. The molecule has 0 saturated heterocycles. The number of aliphatic hydroxyl groups excluding tert-OH is 1. The smallest absolute Gasteiger partial charge is 0.233 e. The molecule has 1 N–H and O–H groups in total. The fraction of sp³-hybridized carbons (Fsp3) is 0.562. The summed E-state index contributed by atoms with van der Waals surface area (Å²) in [5.41, 5.74) is 0.774. The largest absolute Gasteiger partial charge is 0.395 e. The van der Waals surface area contributed by atoms with Gasteiger partial charge in [0, 0.05) is 12.6 Å². The van der Waals surface area contributed by atoms with Crippen molar-refractivity contribution in [3.05, 3.63) is 35.9 Å². The Morgan fingerprint density at radius 3 is 2.37 bits per heavy atom. The van der Waals surface area contributed by atoms with Gasteiger partial charge in [-0.25, -0.2) is 0 Å². The Kier molecular flexibility index (Phi) is 4.25. The van der Waals surface area contributed by atoms with E-state index >= 15 is 0 Å². The second kappa shape index (κ2) is 5.74. The third-order valence-corrected chi connectivity index (χ3v) is 4.17. The number of benzene rings is 1. The van der Waals surface area contributed by atoms with Gasteiger partial charge in [-0.1, -0.05) is 36.8 Å². The summed E-state index contributed by atoms with van der Waals surface area (Å²) in [7, 11) is 0. The number of aliphatic hydroxyl groups is 1. The van der Waals surface area contributed by atoms with Crippen LogP contribution in [0.5, 0.6) is 0 Å². The molecule has 0 aliphatic heterocycles. The van der Waals surface area contributed by atoms with Crippen molar-refractivity contribution in [1.82, 2.24) is 4.90 Å². The van der Waals surface area contributed by atoms with Crippen LogP contribution in [0.3, 0.4) is 0 Å². The molecule has 0 bridgehead atoms. The van der Waals surface area contributed by atoms with Crippen molar-refractivity contribution in [2.45, 2.75) is 44.6 Å². The molecular weight excluding hydrogens is 238 g/mol. The molecule has 0 spiro atoms. The summed E-state index contributed by atoms with van der Waals surface area (Å²) in [6.07, 6.45) is 2.95. The molecule has 1 fully saturated rings. The molecule has 0 unspecified atom stereocenters. The molecule has 3 heteroatoms. The Balaban J connectivity index is 2.28. The number of hydrogen-bond acceptors (Lipinski definition) is 2. The topological polar surface area (TPSA) is 40.5 Å². The first kappa shape index (κ1) is 14.1. The normalized spacial score (nSPS) is 17.1. The minimum Gasteiger partial charge on any atom is -0.395 e. The number of rotatable bonds is 5. The van der Waals surface area contributed by atoms with Crippen LogP contribution >= 0.6 is 0 Å². The predicted octanol–water partition coefficient (Wildman–Crippen LogP) is 2.34. The van der Waals surface area contributed by atoms with Crippen LogP contribution in [0.4, 0.5) is 0 Å². The highest BCUT2D eigenvalue weighted by atomic mass is 16.3. The fourth-order valence-corrected chi connectivity index (χ4v) is 2.89. The van der Waals surface area contributed by atoms with E-state index in [4.69, 9.17) is 5.11 Å². The van der Waals surface area contributed by atoms with Crippen LogP contribution in [0.15, 0.2) is 30.3 Å². The standard InChI is InChI=1S/C16H23NO2/c1-13(2)17(11-12-18)15(19)16(9-6-10-16)14-7-4-3-5-8-14/h3-5,7-8,13,18H,6,9-12H2,1-2H3. The summed E-state index contributed by atoms with van der Waals surface area (Å²) in [6.45, 7) is 4.45. The Morgan fingerprint density at radius 1 is 1.32 bits per heavy atom. The first-order chi connectivity index (χ1) is 9.12. The van der Waals surface area contributed by atoms with Gasteiger partial charge in [0.1, 0.15) is 0 Å². The first-order valence-electron chi connectivity index (χ1n) is 7.09. The van der Waals surface area contributed by atoms with Gasteiger partial charge >= 0.3 is 0 Å². The van der Waals surface area contributed by atoms with Crippen molar-refractivity contribution in [2.24, 2.45) is 0 Å². The lowest BCUT2D eigenvalue weighted by atomic mass is 9.63. The molecule has 0 radical (unpaired) electrons. The average molecular weight is 261 g/mol. The number of carbonyl (C=O) groups excluding carboxylic acids is 1. The van der Waals surface area contributed by atoms with Crippen LogP contribution in [0, 0.1) is 0 Å². The lowest BCUT2D eigenvalue weighted by Crippen LogP contribution is -2.53. The summed E-state index contributed by atoms with van der Waals surface area (Å²) in [5.74, 6) is 0.175. The van der Waals surface area contributed by atoms with Crippen LogP contribution in [0.25, 0.3) is 0 Å². The molecule has 1 aromatic rings. The Bertz CT molecular complexity index is 424. The maximum Gasteiger partial charge on any atom is 0.233 e. The maximum absolute atomic E-state index is 12.9. The van der Waals surface area contributed by atoms with Crippen molar-refractivity contribution >= 4 is 5.91 Å². The van der Waals surface area contributed by atoms with E-state index in [0.29, 0.717) is 6.54 Å². The zero-order valence-electron chi connectivity index (χ0n) is 11.8. The second-order valence-corrected chi connectivity index (χ2v) is 5.62. The van der Waals surface area contributed by atoms with Crippen molar-refractivity contribution in [3.63, 3.8) is 0 Å². The highest BCUT2D eigenvalue weighted by Crippen LogP contribution is 2.45. The van der Waals surface area contributed by atoms with E-state index in [-0.39, 0.29) is 24.0 Å². The van der Waals surface area contributed by atoms with Gasteiger partial charge < -0.3 is 10.0 Å². The van der Waals surface area contributed by atoms with Gasteiger partial charge in [-0.2, -0.15) is 0 Å². The molecule has 3 nitrogen and oxygen atoms in total. The van der Waals surface area contributed by atoms with Gasteiger partial charge in [0.05, 0.1) is 12.0 Å². The fourth-order valence-electron chi connectivity index (χ4n) is 2.89. The SMILES string of the molecule is CC(C)N(CCO)C(=O)C1(c2ccccc2)CCC1. The molecule has 1 amide bonds. The Labute approximate surface area is 115 Å². The van der Waals surface area contributed by atoms with Gasteiger partial charge in [-0.05, 0) is 32.3 Å².